The Labute approximate surface area is 99.1 Å². The van der Waals surface area contributed by atoms with Crippen molar-refractivity contribution in [2.24, 2.45) is 0 Å². The van der Waals surface area contributed by atoms with Crippen LogP contribution in [0.3, 0.4) is 0 Å². The maximum absolute atomic E-state index is 11.4. The Balaban J connectivity index is 2.69. The lowest BCUT2D eigenvalue weighted by Gasteiger charge is -2.01. The number of carbonyl (C=O) groups excluding carboxylic acids is 1. The zero-order valence-electron chi connectivity index (χ0n) is 9.07. The maximum Gasteiger partial charge on any atom is 0.250 e. The number of amides is 1. The van der Waals surface area contributed by atoms with E-state index in [1.807, 2.05) is 13.0 Å². The highest BCUT2D eigenvalue weighted by atomic mass is 35.5. The number of allylic oxidation sites excluding steroid dienone is 3. The highest BCUT2D eigenvalue weighted by Gasteiger charge is 2.02. The van der Waals surface area contributed by atoms with Gasteiger partial charge in [-0.1, -0.05) is 29.8 Å². The summed E-state index contributed by atoms with van der Waals surface area (Å²) in [7, 11) is 0. The van der Waals surface area contributed by atoms with Crippen molar-refractivity contribution in [1.29, 1.82) is 0 Å². The standard InChI is InChI=1S/C11H12ClN3O/c1-3-4-5-6-10(16)15-11-13-8(2)7-9(12)14-11/h3-7H,1-2H3,(H,13,14,15,16)/b4-3+,6-5+. The number of hydrogen-bond donors (Lipinski definition) is 1. The molecule has 0 saturated heterocycles. The molecule has 0 radical (unpaired) electrons. The molecule has 1 heterocycles. The van der Waals surface area contributed by atoms with Gasteiger partial charge in [0.1, 0.15) is 5.15 Å². The molecule has 0 aliphatic rings. The Morgan fingerprint density at radius 1 is 1.44 bits per heavy atom. The van der Waals surface area contributed by atoms with E-state index in [4.69, 9.17) is 11.6 Å². The third-order valence-electron chi connectivity index (χ3n) is 1.61. The average Bonchev–Trinajstić information content (AvgIpc) is 2.16. The summed E-state index contributed by atoms with van der Waals surface area (Å²) in [6.07, 6.45) is 6.60. The van der Waals surface area contributed by atoms with Crippen molar-refractivity contribution in [2.45, 2.75) is 13.8 Å². The first-order valence-electron chi connectivity index (χ1n) is 4.73. The minimum Gasteiger partial charge on any atom is -0.291 e. The fourth-order valence-corrected chi connectivity index (χ4v) is 1.23. The van der Waals surface area contributed by atoms with Crippen molar-refractivity contribution in [3.05, 3.63) is 41.2 Å². The summed E-state index contributed by atoms with van der Waals surface area (Å²) >= 11 is 5.73. The molecule has 5 heteroatoms. The van der Waals surface area contributed by atoms with Crippen molar-refractivity contribution in [1.82, 2.24) is 9.97 Å². The Morgan fingerprint density at radius 2 is 2.19 bits per heavy atom. The largest absolute Gasteiger partial charge is 0.291 e. The summed E-state index contributed by atoms with van der Waals surface area (Å²) in [5.41, 5.74) is 0.702. The Bertz CT molecular complexity index is 421. The molecule has 1 aromatic heterocycles. The first-order valence-corrected chi connectivity index (χ1v) is 5.11. The SMILES string of the molecule is C/C=C/C=C/C(=O)Nc1nc(C)cc(Cl)n1. The van der Waals surface area contributed by atoms with Gasteiger partial charge in [-0.05, 0) is 19.9 Å². The molecule has 1 N–H and O–H groups in total. The fraction of sp³-hybridized carbons (Fsp3) is 0.182. The lowest BCUT2D eigenvalue weighted by atomic mass is 10.4. The smallest absolute Gasteiger partial charge is 0.250 e. The lowest BCUT2D eigenvalue weighted by molar-refractivity contribution is -0.111. The molecule has 0 aliphatic heterocycles. The number of nitrogens with one attached hydrogen (secondary N) is 1. The number of anilines is 1. The Hall–Kier alpha value is -1.68. The van der Waals surface area contributed by atoms with Crippen LogP contribution < -0.4 is 5.32 Å². The van der Waals surface area contributed by atoms with Gasteiger partial charge >= 0.3 is 0 Å². The van der Waals surface area contributed by atoms with Crippen LogP contribution in [0.4, 0.5) is 5.95 Å². The van der Waals surface area contributed by atoms with Crippen LogP contribution in [0.1, 0.15) is 12.6 Å². The molecule has 0 aromatic carbocycles. The van der Waals surface area contributed by atoms with Crippen LogP contribution in [0.25, 0.3) is 0 Å². The lowest BCUT2D eigenvalue weighted by Crippen LogP contribution is -2.11. The van der Waals surface area contributed by atoms with Crippen molar-refractivity contribution >= 4 is 23.5 Å². The number of aromatic nitrogens is 2. The molecule has 0 atom stereocenters. The average molecular weight is 238 g/mol. The summed E-state index contributed by atoms with van der Waals surface area (Å²) in [4.78, 5) is 19.3. The van der Waals surface area contributed by atoms with E-state index in [1.54, 1.807) is 25.1 Å². The molecule has 0 unspecified atom stereocenters. The highest BCUT2D eigenvalue weighted by molar-refractivity contribution is 6.29. The number of carbonyl (C=O) groups is 1. The van der Waals surface area contributed by atoms with E-state index in [9.17, 15) is 4.79 Å². The van der Waals surface area contributed by atoms with Gasteiger partial charge in [0.05, 0.1) is 0 Å². The number of halogens is 1. The summed E-state index contributed by atoms with van der Waals surface area (Å²) in [6, 6.07) is 1.62. The van der Waals surface area contributed by atoms with Crippen LogP contribution in [-0.4, -0.2) is 15.9 Å². The minimum atomic E-state index is -0.292. The number of nitrogens with zero attached hydrogens (tertiary/aromatic N) is 2. The van der Waals surface area contributed by atoms with E-state index in [-0.39, 0.29) is 11.9 Å². The highest BCUT2D eigenvalue weighted by Crippen LogP contribution is 2.09. The van der Waals surface area contributed by atoms with E-state index in [0.29, 0.717) is 10.8 Å². The van der Waals surface area contributed by atoms with Gasteiger partial charge in [-0.2, -0.15) is 0 Å². The van der Waals surface area contributed by atoms with Crippen LogP contribution in [0, 0.1) is 6.92 Å². The third-order valence-corrected chi connectivity index (χ3v) is 1.80. The molecule has 0 fully saturated rings. The molecule has 16 heavy (non-hydrogen) atoms. The maximum atomic E-state index is 11.4. The van der Waals surface area contributed by atoms with E-state index in [2.05, 4.69) is 15.3 Å². The Morgan fingerprint density at radius 3 is 2.81 bits per heavy atom. The van der Waals surface area contributed by atoms with Gasteiger partial charge in [0.2, 0.25) is 5.95 Å². The van der Waals surface area contributed by atoms with Crippen molar-refractivity contribution in [3.63, 3.8) is 0 Å². The summed E-state index contributed by atoms with van der Waals surface area (Å²) in [6.45, 7) is 3.64. The first-order chi connectivity index (χ1) is 7.61. The van der Waals surface area contributed by atoms with E-state index in [0.717, 1.165) is 0 Å². The predicted octanol–water partition coefficient (Wildman–Crippen LogP) is 2.51. The number of hydrogen-bond acceptors (Lipinski definition) is 3. The van der Waals surface area contributed by atoms with Crippen LogP contribution >= 0.6 is 11.6 Å². The quantitative estimate of drug-likeness (QED) is 0.499. The molecule has 0 bridgehead atoms. The molecule has 0 aliphatic carbocycles. The van der Waals surface area contributed by atoms with Crippen LogP contribution in [0.15, 0.2) is 30.4 Å². The normalized spacial score (nSPS) is 11.2. The third kappa shape index (κ3) is 4.23. The summed E-state index contributed by atoms with van der Waals surface area (Å²) in [5, 5.41) is 2.82. The molecular weight excluding hydrogens is 226 g/mol. The van der Waals surface area contributed by atoms with E-state index < -0.39 is 0 Å². The van der Waals surface area contributed by atoms with Crippen LogP contribution in [0.5, 0.6) is 0 Å². The first kappa shape index (κ1) is 12.4. The van der Waals surface area contributed by atoms with Crippen molar-refractivity contribution in [3.8, 4) is 0 Å². The molecule has 4 nitrogen and oxygen atoms in total. The molecule has 1 rings (SSSR count). The van der Waals surface area contributed by atoms with Gasteiger partial charge in [0, 0.05) is 11.8 Å². The Kier molecular flexibility index (Phi) is 4.66. The fourth-order valence-electron chi connectivity index (χ4n) is 0.992. The summed E-state index contributed by atoms with van der Waals surface area (Å²) in [5.74, 6) is -0.0834. The molecule has 0 saturated carbocycles. The molecule has 1 amide bonds. The topological polar surface area (TPSA) is 54.9 Å². The monoisotopic (exact) mass is 237 g/mol. The van der Waals surface area contributed by atoms with E-state index >= 15 is 0 Å². The van der Waals surface area contributed by atoms with Crippen molar-refractivity contribution in [2.75, 3.05) is 5.32 Å². The second-order valence-corrected chi connectivity index (χ2v) is 3.42. The van der Waals surface area contributed by atoms with Crippen LogP contribution in [-0.2, 0) is 4.79 Å². The molecular formula is C11H12ClN3O. The summed E-state index contributed by atoms with van der Waals surface area (Å²) < 4.78 is 0. The van der Waals surface area contributed by atoms with E-state index in [1.165, 1.54) is 6.08 Å². The zero-order chi connectivity index (χ0) is 12.0. The van der Waals surface area contributed by atoms with Gasteiger partial charge in [-0.15, -0.1) is 0 Å². The number of aryl methyl sites for hydroxylation is 1. The van der Waals surface area contributed by atoms with Gasteiger partial charge in [-0.3, -0.25) is 10.1 Å². The molecule has 84 valence electrons. The van der Waals surface area contributed by atoms with Gasteiger partial charge < -0.3 is 0 Å². The van der Waals surface area contributed by atoms with Gasteiger partial charge in [-0.25, -0.2) is 9.97 Å². The van der Waals surface area contributed by atoms with Crippen molar-refractivity contribution < 1.29 is 4.79 Å². The zero-order valence-corrected chi connectivity index (χ0v) is 9.82. The van der Waals surface area contributed by atoms with Gasteiger partial charge in [0.25, 0.3) is 5.91 Å². The molecule has 1 aromatic rings. The second-order valence-electron chi connectivity index (χ2n) is 3.03. The second kappa shape index (κ2) is 6.02. The molecule has 0 spiro atoms. The minimum absolute atomic E-state index is 0.208. The van der Waals surface area contributed by atoms with Gasteiger partial charge in [0.15, 0.2) is 0 Å². The number of rotatable bonds is 3. The predicted molar refractivity (Wildman–Crippen MR) is 64.4 cm³/mol. The van der Waals surface area contributed by atoms with Crippen LogP contribution in [0.2, 0.25) is 5.15 Å².